The molecule has 0 unspecified atom stereocenters. The van der Waals surface area contributed by atoms with E-state index in [2.05, 4.69) is 4.98 Å². The smallest absolute Gasteiger partial charge is 0.328 e. The Morgan fingerprint density at radius 1 is 0.920 bits per heavy atom. The molecule has 0 radical (unpaired) electrons. The maximum Gasteiger partial charge on any atom is 0.328 e. The Balaban J connectivity index is 0.000000316. The number of carbonyl (C=O) groups is 4. The molecule has 0 fully saturated rings. The zero-order valence-corrected chi connectivity index (χ0v) is 13.0. The van der Waals surface area contributed by atoms with Crippen LogP contribution in [-0.4, -0.2) is 45.1 Å². The monoisotopic (exact) mass is 338 g/mol. The molecule has 0 bridgehead atoms. The molecular weight excluding hydrogens is 324 g/mol. The normalized spacial score (nSPS) is 12.6. The number of hydrogen-bond donors (Lipinski definition) is 1. The molecule has 1 aromatic carbocycles. The molecule has 1 N–H and O–H groups in total. The lowest BCUT2D eigenvalue weighted by molar-refractivity contribution is -0.131. The van der Waals surface area contributed by atoms with Crippen LogP contribution in [0.25, 0.3) is 0 Å². The summed E-state index contributed by atoms with van der Waals surface area (Å²) in [4.78, 5) is 50.1. The highest BCUT2D eigenvalue weighted by atomic mass is 16.4. The van der Waals surface area contributed by atoms with Gasteiger partial charge in [-0.15, -0.1) is 0 Å². The van der Waals surface area contributed by atoms with Crippen molar-refractivity contribution in [3.05, 3.63) is 78.1 Å². The average molecular weight is 338 g/mol. The topological polar surface area (TPSA) is 105 Å². The van der Waals surface area contributed by atoms with Gasteiger partial charge in [0.15, 0.2) is 5.78 Å². The summed E-state index contributed by atoms with van der Waals surface area (Å²) >= 11 is 0. The third-order valence-corrected chi connectivity index (χ3v) is 3.17. The molecule has 0 spiro atoms. The van der Waals surface area contributed by atoms with Crippen LogP contribution >= 0.6 is 0 Å². The van der Waals surface area contributed by atoms with Crippen LogP contribution in [0.4, 0.5) is 0 Å². The van der Waals surface area contributed by atoms with Crippen molar-refractivity contribution in [2.45, 2.75) is 0 Å². The quantitative estimate of drug-likeness (QED) is 0.670. The van der Waals surface area contributed by atoms with Crippen LogP contribution in [0.5, 0.6) is 0 Å². The molecule has 7 nitrogen and oxygen atoms in total. The molecule has 126 valence electrons. The largest absolute Gasteiger partial charge is 0.478 e. The fraction of sp³-hybridized carbons (Fsp3) is 0.0556. The Morgan fingerprint density at radius 3 is 1.88 bits per heavy atom. The number of imide groups is 1. The van der Waals surface area contributed by atoms with Crippen molar-refractivity contribution >= 4 is 23.6 Å². The van der Waals surface area contributed by atoms with Crippen molar-refractivity contribution in [1.82, 2.24) is 9.88 Å². The van der Waals surface area contributed by atoms with Crippen molar-refractivity contribution in [3.8, 4) is 0 Å². The van der Waals surface area contributed by atoms with Gasteiger partial charge in [0.2, 0.25) is 0 Å². The van der Waals surface area contributed by atoms with Crippen LogP contribution in [0.1, 0.15) is 20.7 Å². The molecular formula is C18H14N2O5. The lowest BCUT2D eigenvalue weighted by atomic mass is 10.1. The van der Waals surface area contributed by atoms with E-state index in [0.29, 0.717) is 6.08 Å². The number of ketones is 1. The summed E-state index contributed by atoms with van der Waals surface area (Å²) in [5.41, 5.74) is 0.505. The number of carbonyl (C=O) groups excluding carboxylic acids is 3. The maximum atomic E-state index is 11.9. The molecule has 1 aliphatic rings. The highest BCUT2D eigenvalue weighted by molar-refractivity contribution is 6.22. The molecule has 25 heavy (non-hydrogen) atoms. The van der Waals surface area contributed by atoms with Gasteiger partial charge in [-0.3, -0.25) is 24.3 Å². The summed E-state index contributed by atoms with van der Waals surface area (Å²) in [6.45, 7) is -0.462. The Hall–Kier alpha value is -3.61. The summed E-state index contributed by atoms with van der Waals surface area (Å²) in [6, 6.07) is 12.0. The minimum Gasteiger partial charge on any atom is -0.478 e. The van der Waals surface area contributed by atoms with Gasteiger partial charge in [-0.25, -0.2) is 4.79 Å². The summed E-state index contributed by atoms with van der Waals surface area (Å²) < 4.78 is 0. The highest BCUT2D eigenvalue weighted by Crippen LogP contribution is 2.21. The van der Waals surface area contributed by atoms with Gasteiger partial charge in [-0.1, -0.05) is 18.2 Å². The molecule has 0 saturated heterocycles. The van der Waals surface area contributed by atoms with E-state index in [4.69, 9.17) is 5.11 Å². The molecule has 1 aliphatic heterocycles. The van der Waals surface area contributed by atoms with Gasteiger partial charge in [-0.2, -0.15) is 0 Å². The minimum absolute atomic E-state index is 0.252. The standard InChI is InChI=1S/C13H9NO5.C5H5N/c15-8(5-6-11(16)17)7-14-12(18)9-3-1-2-4-10(9)13(14)19;1-2-4-6-5-3-1/h1-6H,7H2,(H,16,17);1-5H/b6-5+;. The van der Waals surface area contributed by atoms with Gasteiger partial charge >= 0.3 is 5.97 Å². The number of aromatic nitrogens is 1. The first kappa shape index (κ1) is 17.7. The second-order valence-electron chi connectivity index (χ2n) is 4.90. The number of pyridine rings is 1. The van der Waals surface area contributed by atoms with Crippen LogP contribution in [0.15, 0.2) is 67.0 Å². The van der Waals surface area contributed by atoms with Crippen LogP contribution in [0.3, 0.4) is 0 Å². The van der Waals surface area contributed by atoms with E-state index in [1.807, 2.05) is 18.2 Å². The zero-order chi connectivity index (χ0) is 18.2. The van der Waals surface area contributed by atoms with E-state index in [1.165, 1.54) is 12.1 Å². The number of fused-ring (bicyclic) bond motifs is 1. The van der Waals surface area contributed by atoms with Gasteiger partial charge < -0.3 is 5.11 Å². The van der Waals surface area contributed by atoms with Crippen molar-refractivity contribution < 1.29 is 24.3 Å². The van der Waals surface area contributed by atoms with E-state index in [1.54, 1.807) is 24.5 Å². The van der Waals surface area contributed by atoms with E-state index < -0.39 is 30.1 Å². The molecule has 2 amide bonds. The lowest BCUT2D eigenvalue weighted by Crippen LogP contribution is -2.34. The Morgan fingerprint density at radius 2 is 1.48 bits per heavy atom. The van der Waals surface area contributed by atoms with Crippen LogP contribution in [0.2, 0.25) is 0 Å². The molecule has 0 aliphatic carbocycles. The fourth-order valence-electron chi connectivity index (χ4n) is 2.07. The number of carboxylic acid groups (broad SMARTS) is 1. The molecule has 7 heteroatoms. The van der Waals surface area contributed by atoms with E-state index >= 15 is 0 Å². The summed E-state index contributed by atoms with van der Waals surface area (Å²) in [7, 11) is 0. The first-order valence-electron chi connectivity index (χ1n) is 7.24. The SMILES string of the molecule is O=C(O)/C=C/C(=O)CN1C(=O)c2ccccc2C1=O.c1ccncc1. The molecule has 0 saturated carbocycles. The number of rotatable bonds is 4. The number of carboxylic acids is 1. The number of hydrogen-bond acceptors (Lipinski definition) is 5. The molecule has 1 aromatic heterocycles. The first-order valence-corrected chi connectivity index (χ1v) is 7.24. The van der Waals surface area contributed by atoms with E-state index in [-0.39, 0.29) is 11.1 Å². The van der Waals surface area contributed by atoms with Crippen molar-refractivity contribution in [3.63, 3.8) is 0 Å². The van der Waals surface area contributed by atoms with Crippen molar-refractivity contribution in [1.29, 1.82) is 0 Å². The van der Waals surface area contributed by atoms with E-state index in [0.717, 1.165) is 11.0 Å². The van der Waals surface area contributed by atoms with Gasteiger partial charge in [0, 0.05) is 18.5 Å². The Labute approximate surface area is 143 Å². The second-order valence-corrected chi connectivity index (χ2v) is 4.90. The molecule has 2 heterocycles. The zero-order valence-electron chi connectivity index (χ0n) is 13.0. The van der Waals surface area contributed by atoms with Crippen molar-refractivity contribution in [2.24, 2.45) is 0 Å². The van der Waals surface area contributed by atoms with Crippen LogP contribution in [-0.2, 0) is 9.59 Å². The molecule has 3 rings (SSSR count). The van der Waals surface area contributed by atoms with Crippen LogP contribution in [0, 0.1) is 0 Å². The third kappa shape index (κ3) is 4.68. The van der Waals surface area contributed by atoms with Gasteiger partial charge in [0.25, 0.3) is 11.8 Å². The Kier molecular flexibility index (Phi) is 5.89. The minimum atomic E-state index is -1.27. The Bertz CT molecular complexity index is 769. The number of aliphatic carboxylic acids is 1. The lowest BCUT2D eigenvalue weighted by Gasteiger charge is -2.10. The maximum absolute atomic E-state index is 11.9. The molecule has 2 aromatic rings. The van der Waals surface area contributed by atoms with E-state index in [9.17, 15) is 19.2 Å². The van der Waals surface area contributed by atoms with Gasteiger partial charge in [0.05, 0.1) is 17.7 Å². The van der Waals surface area contributed by atoms with Crippen LogP contribution < -0.4 is 0 Å². The number of benzene rings is 1. The first-order chi connectivity index (χ1) is 12.0. The second kappa shape index (κ2) is 8.30. The number of nitrogens with zero attached hydrogens (tertiary/aromatic N) is 2. The summed E-state index contributed by atoms with van der Waals surface area (Å²) in [5, 5.41) is 8.38. The predicted molar refractivity (Wildman–Crippen MR) is 87.8 cm³/mol. The highest BCUT2D eigenvalue weighted by Gasteiger charge is 2.35. The summed E-state index contributed by atoms with van der Waals surface area (Å²) in [6.07, 6.45) is 4.99. The van der Waals surface area contributed by atoms with Gasteiger partial charge in [0.1, 0.15) is 0 Å². The fourth-order valence-corrected chi connectivity index (χ4v) is 2.07. The predicted octanol–water partition coefficient (Wildman–Crippen LogP) is 1.57. The van der Waals surface area contributed by atoms with Crippen molar-refractivity contribution in [2.75, 3.05) is 6.54 Å². The third-order valence-electron chi connectivity index (χ3n) is 3.17. The number of amides is 2. The summed E-state index contributed by atoms with van der Waals surface area (Å²) in [5.74, 6) is -2.98. The average Bonchev–Trinajstić information content (AvgIpc) is 2.87. The molecule has 0 atom stereocenters. The van der Waals surface area contributed by atoms with Gasteiger partial charge in [-0.05, 0) is 30.3 Å².